The van der Waals surface area contributed by atoms with Crippen LogP contribution in [0.5, 0.6) is 0 Å². The van der Waals surface area contributed by atoms with Crippen LogP contribution in [0.1, 0.15) is 10.4 Å². The van der Waals surface area contributed by atoms with Crippen LogP contribution in [0.15, 0.2) is 53.2 Å². The second kappa shape index (κ2) is 9.62. The van der Waals surface area contributed by atoms with Crippen molar-refractivity contribution in [2.45, 2.75) is 0 Å². The van der Waals surface area contributed by atoms with Gasteiger partial charge in [-0.25, -0.2) is 19.2 Å². The van der Waals surface area contributed by atoms with E-state index in [-0.39, 0.29) is 35.5 Å². The number of rotatable bonds is 9. The number of anilines is 2. The van der Waals surface area contributed by atoms with Gasteiger partial charge in [0.1, 0.15) is 35.9 Å². The summed E-state index contributed by atoms with van der Waals surface area (Å²) in [4.78, 5) is 33.4. The first kappa shape index (κ1) is 22.3. The molecule has 12 heteroatoms. The molecule has 1 aromatic heterocycles. The first-order valence-corrected chi connectivity index (χ1v) is 9.55. The Morgan fingerprint density at radius 2 is 2.16 bits per heavy atom. The van der Waals surface area contributed by atoms with Crippen LogP contribution >= 0.6 is 15.9 Å². The molecule has 2 aromatic carbocycles. The number of nitroso groups, excluding NO2 is 1. The van der Waals surface area contributed by atoms with E-state index in [1.165, 1.54) is 35.4 Å². The number of carbonyl (C=O) groups is 1. The molecule has 0 unspecified atom stereocenters. The van der Waals surface area contributed by atoms with E-state index in [2.05, 4.69) is 38.3 Å². The first-order valence-electron chi connectivity index (χ1n) is 8.75. The minimum Gasteiger partial charge on any atom is -0.499 e. The van der Waals surface area contributed by atoms with Crippen molar-refractivity contribution >= 4 is 44.2 Å². The number of aromatic nitrogens is 2. The highest BCUT2D eigenvalue weighted by Gasteiger charge is 2.29. The zero-order valence-corrected chi connectivity index (χ0v) is 17.7. The number of amides is 1. The standard InChI is InChI=1S/C19H16BrF2N5O4/c1-3-30-6-7-31-24-19(28)12-9-15-17(23-10-26(15)2)16(22)18(12)27(25-29)14-5-4-11(20)8-13(14)21/h3-5,8-10H,1,6-7H2,2H3,(H,24,28). The van der Waals surface area contributed by atoms with Gasteiger partial charge in [0, 0.05) is 11.5 Å². The predicted octanol–water partition coefficient (Wildman–Crippen LogP) is 4.26. The van der Waals surface area contributed by atoms with Crippen LogP contribution in [0.2, 0.25) is 0 Å². The first-order chi connectivity index (χ1) is 14.9. The molecule has 0 bridgehead atoms. The highest BCUT2D eigenvalue weighted by Crippen LogP contribution is 2.37. The van der Waals surface area contributed by atoms with Gasteiger partial charge in [-0.2, -0.15) is 5.01 Å². The molecule has 0 spiro atoms. The van der Waals surface area contributed by atoms with Crippen molar-refractivity contribution in [3.8, 4) is 0 Å². The molecule has 1 amide bonds. The van der Waals surface area contributed by atoms with Gasteiger partial charge in [-0.3, -0.25) is 9.63 Å². The topological polar surface area (TPSA) is 98.0 Å². The third kappa shape index (κ3) is 4.54. The second-order valence-corrected chi connectivity index (χ2v) is 7.03. The Labute approximate surface area is 183 Å². The van der Waals surface area contributed by atoms with Crippen molar-refractivity contribution in [3.05, 3.63) is 70.0 Å². The van der Waals surface area contributed by atoms with Gasteiger partial charge in [-0.1, -0.05) is 22.5 Å². The van der Waals surface area contributed by atoms with E-state index in [1.54, 1.807) is 7.05 Å². The summed E-state index contributed by atoms with van der Waals surface area (Å²) in [5, 5.41) is 3.22. The van der Waals surface area contributed by atoms with Gasteiger partial charge >= 0.3 is 0 Å². The Hall–Kier alpha value is -3.38. The molecule has 3 rings (SSSR count). The molecule has 0 atom stereocenters. The van der Waals surface area contributed by atoms with Gasteiger partial charge in [0.05, 0.1) is 29.0 Å². The average molecular weight is 496 g/mol. The number of halogens is 3. The van der Waals surface area contributed by atoms with Gasteiger partial charge in [-0.15, -0.1) is 4.91 Å². The van der Waals surface area contributed by atoms with Gasteiger partial charge in [0.25, 0.3) is 5.91 Å². The lowest BCUT2D eigenvalue weighted by molar-refractivity contribution is 0.0145. The van der Waals surface area contributed by atoms with Crippen LogP contribution in [0.25, 0.3) is 11.0 Å². The number of nitrogens with one attached hydrogen (secondary N) is 1. The molecule has 0 saturated heterocycles. The van der Waals surface area contributed by atoms with E-state index in [0.717, 1.165) is 6.07 Å². The number of carbonyl (C=O) groups excluding carboxylic acids is 1. The van der Waals surface area contributed by atoms with Crippen molar-refractivity contribution in [1.82, 2.24) is 15.0 Å². The Kier molecular flexibility index (Phi) is 6.92. The number of aryl methyl sites for hydroxylation is 1. The van der Waals surface area contributed by atoms with Crippen LogP contribution in [0, 0.1) is 16.5 Å². The lowest BCUT2D eigenvalue weighted by atomic mass is 10.1. The maximum atomic E-state index is 15.4. The van der Waals surface area contributed by atoms with E-state index in [0.29, 0.717) is 9.48 Å². The molecular weight excluding hydrogens is 480 g/mol. The lowest BCUT2D eigenvalue weighted by Gasteiger charge is -2.20. The number of nitrogens with zero attached hydrogens (tertiary/aromatic N) is 4. The molecule has 1 N–H and O–H groups in total. The number of ether oxygens (including phenoxy) is 1. The molecule has 31 heavy (non-hydrogen) atoms. The largest absolute Gasteiger partial charge is 0.499 e. The number of hydroxylamine groups is 1. The monoisotopic (exact) mass is 495 g/mol. The van der Waals surface area contributed by atoms with Crippen molar-refractivity contribution in [3.63, 3.8) is 0 Å². The van der Waals surface area contributed by atoms with Crippen LogP contribution in [0.3, 0.4) is 0 Å². The molecule has 0 aliphatic heterocycles. The fraction of sp³-hybridized carbons (Fsp3) is 0.158. The Balaban J connectivity index is 2.10. The second-order valence-electron chi connectivity index (χ2n) is 6.12. The van der Waals surface area contributed by atoms with E-state index in [1.807, 2.05) is 0 Å². The smallest absolute Gasteiger partial charge is 0.277 e. The fourth-order valence-electron chi connectivity index (χ4n) is 2.80. The summed E-state index contributed by atoms with van der Waals surface area (Å²) in [6.07, 6.45) is 2.54. The Morgan fingerprint density at radius 1 is 1.39 bits per heavy atom. The molecular formula is C19H16BrF2N5O4. The van der Waals surface area contributed by atoms with E-state index < -0.39 is 23.2 Å². The summed E-state index contributed by atoms with van der Waals surface area (Å²) in [5.41, 5.74) is 1.02. The van der Waals surface area contributed by atoms with Gasteiger partial charge in [-0.05, 0) is 24.3 Å². The van der Waals surface area contributed by atoms with Gasteiger partial charge in [0.15, 0.2) is 5.82 Å². The maximum absolute atomic E-state index is 15.4. The number of imidazole rings is 1. The fourth-order valence-corrected chi connectivity index (χ4v) is 3.13. The highest BCUT2D eigenvalue weighted by atomic mass is 79.9. The molecule has 0 fully saturated rings. The van der Waals surface area contributed by atoms with E-state index in [9.17, 15) is 14.1 Å². The molecule has 1 heterocycles. The summed E-state index contributed by atoms with van der Waals surface area (Å²) in [6, 6.07) is 5.03. The van der Waals surface area contributed by atoms with E-state index in [4.69, 9.17) is 9.57 Å². The van der Waals surface area contributed by atoms with Crippen LogP contribution in [-0.4, -0.2) is 28.7 Å². The maximum Gasteiger partial charge on any atom is 0.277 e. The Bertz CT molecular complexity index is 1150. The summed E-state index contributed by atoms with van der Waals surface area (Å²) >= 11 is 3.11. The zero-order valence-electron chi connectivity index (χ0n) is 16.1. The van der Waals surface area contributed by atoms with Crippen LogP contribution in [0.4, 0.5) is 20.2 Å². The van der Waals surface area contributed by atoms with Crippen molar-refractivity contribution < 1.29 is 23.1 Å². The van der Waals surface area contributed by atoms with E-state index >= 15 is 4.39 Å². The SMILES string of the molecule is C=COCCONC(=O)c1cc2c(ncn2C)c(F)c1N(N=O)c1ccc(Br)cc1F. The van der Waals surface area contributed by atoms with Gasteiger partial charge < -0.3 is 9.30 Å². The van der Waals surface area contributed by atoms with Gasteiger partial charge in [0.2, 0.25) is 0 Å². The number of benzene rings is 2. The van der Waals surface area contributed by atoms with Crippen molar-refractivity contribution in [2.24, 2.45) is 12.3 Å². The van der Waals surface area contributed by atoms with Crippen molar-refractivity contribution in [2.75, 3.05) is 18.2 Å². The normalized spacial score (nSPS) is 10.7. The number of fused-ring (bicyclic) bond motifs is 1. The average Bonchev–Trinajstić information content (AvgIpc) is 3.11. The molecule has 162 valence electrons. The quantitative estimate of drug-likeness (QED) is 0.206. The third-order valence-electron chi connectivity index (χ3n) is 4.20. The molecule has 3 aromatic rings. The lowest BCUT2D eigenvalue weighted by Crippen LogP contribution is -2.28. The van der Waals surface area contributed by atoms with Crippen LogP contribution in [-0.2, 0) is 16.6 Å². The molecule has 0 aliphatic carbocycles. The zero-order chi connectivity index (χ0) is 22.5. The van der Waals surface area contributed by atoms with Crippen molar-refractivity contribution in [1.29, 1.82) is 0 Å². The minimum atomic E-state index is -1.03. The summed E-state index contributed by atoms with van der Waals surface area (Å²) in [5.74, 6) is -2.78. The van der Waals surface area contributed by atoms with Crippen LogP contribution < -0.4 is 10.5 Å². The highest BCUT2D eigenvalue weighted by molar-refractivity contribution is 9.10. The Morgan fingerprint density at radius 3 is 2.84 bits per heavy atom. The predicted molar refractivity (Wildman–Crippen MR) is 112 cm³/mol. The summed E-state index contributed by atoms with van der Waals surface area (Å²) in [7, 11) is 1.60. The molecule has 0 aliphatic rings. The molecule has 0 saturated carbocycles. The third-order valence-corrected chi connectivity index (χ3v) is 4.69. The number of hydrogen-bond acceptors (Lipinski definition) is 6. The molecule has 9 nitrogen and oxygen atoms in total. The summed E-state index contributed by atoms with van der Waals surface area (Å²) in [6.45, 7) is 3.45. The number of hydrogen-bond donors (Lipinski definition) is 1. The minimum absolute atomic E-state index is 0.0273. The summed E-state index contributed by atoms with van der Waals surface area (Å²) < 4.78 is 36.7. The molecule has 0 radical (unpaired) electrons.